The molecule has 30 heavy (non-hydrogen) atoms. The molecule has 0 atom stereocenters. The fourth-order valence-corrected chi connectivity index (χ4v) is 3.02. The number of nitrogens with one attached hydrogen (secondary N) is 2. The molecule has 0 saturated carbocycles. The zero-order valence-electron chi connectivity index (χ0n) is 15.9. The molecule has 0 spiro atoms. The lowest BCUT2D eigenvalue weighted by Crippen LogP contribution is -2.25. The fraction of sp³-hybridized carbons (Fsp3) is 0.0909. The van der Waals surface area contributed by atoms with Crippen molar-refractivity contribution in [3.8, 4) is 23.0 Å². The molecule has 0 aromatic heterocycles. The van der Waals surface area contributed by atoms with Crippen molar-refractivity contribution in [1.82, 2.24) is 5.43 Å². The minimum atomic E-state index is -0.305. The predicted octanol–water partition coefficient (Wildman–Crippen LogP) is 3.83. The van der Waals surface area contributed by atoms with Gasteiger partial charge in [-0.25, -0.2) is 0 Å². The zero-order chi connectivity index (χ0) is 21.5. The van der Waals surface area contributed by atoms with Crippen molar-refractivity contribution in [3.05, 3.63) is 77.9 Å². The normalized spacial score (nSPS) is 11.1. The number of phenolic OH excluding ortho intramolecular Hbond substituents is 4. The van der Waals surface area contributed by atoms with Gasteiger partial charge >= 0.3 is 0 Å². The lowest BCUT2D eigenvalue weighted by atomic mass is 10.00. The maximum atomic E-state index is 10.3. The molecule has 3 rings (SSSR count). The maximum absolute atomic E-state index is 10.3. The van der Waals surface area contributed by atoms with Crippen LogP contribution in [0.3, 0.4) is 0 Å². The number of hydrogen-bond donors (Lipinski definition) is 6. The standard InChI is InChI=1S/C22H21N3O4S/c26-16-9-6-14(7-10-16)8-11-18(21-19(28)12-17(27)13-20(21)29)24-25-22(30)23-15-4-2-1-3-5-15/h1-7,9-10,12-13,26-29H,8,11H2,(H2,23,25,30)/b24-18-. The number of aryl methyl sites for hydroxylation is 1. The summed E-state index contributed by atoms with van der Waals surface area (Å²) in [5.74, 6) is -0.706. The number of hydrazone groups is 1. The Labute approximate surface area is 179 Å². The van der Waals surface area contributed by atoms with E-state index in [0.29, 0.717) is 18.6 Å². The largest absolute Gasteiger partial charge is 0.508 e. The van der Waals surface area contributed by atoms with E-state index in [0.717, 1.165) is 23.4 Å². The third-order valence-electron chi connectivity index (χ3n) is 4.28. The second-order valence-corrected chi connectivity index (χ2v) is 6.92. The van der Waals surface area contributed by atoms with Crippen molar-refractivity contribution in [2.45, 2.75) is 12.8 Å². The first-order valence-corrected chi connectivity index (χ1v) is 9.55. The van der Waals surface area contributed by atoms with Gasteiger partial charge in [-0.05, 0) is 54.9 Å². The molecule has 0 aliphatic rings. The highest BCUT2D eigenvalue weighted by molar-refractivity contribution is 7.80. The minimum Gasteiger partial charge on any atom is -0.508 e. The summed E-state index contributed by atoms with van der Waals surface area (Å²) < 4.78 is 0. The highest BCUT2D eigenvalue weighted by atomic mass is 32.1. The number of phenols is 4. The monoisotopic (exact) mass is 423 g/mol. The van der Waals surface area contributed by atoms with Gasteiger partial charge in [-0.15, -0.1) is 0 Å². The third kappa shape index (κ3) is 5.62. The van der Waals surface area contributed by atoms with E-state index >= 15 is 0 Å². The van der Waals surface area contributed by atoms with Crippen LogP contribution in [0, 0.1) is 0 Å². The summed E-state index contributed by atoms with van der Waals surface area (Å²) in [4.78, 5) is 0. The van der Waals surface area contributed by atoms with Gasteiger partial charge in [0, 0.05) is 17.8 Å². The van der Waals surface area contributed by atoms with Gasteiger partial charge < -0.3 is 25.7 Å². The Balaban J connectivity index is 1.82. The SMILES string of the molecule is Oc1ccc(CC/C(=N/NC(=S)Nc2ccccc2)c2c(O)cc(O)cc2O)cc1. The number of rotatable bonds is 6. The maximum Gasteiger partial charge on any atom is 0.191 e. The molecular weight excluding hydrogens is 402 g/mol. The molecule has 0 amide bonds. The van der Waals surface area contributed by atoms with Crippen LogP contribution in [0.1, 0.15) is 17.5 Å². The molecular formula is C22H21N3O4S. The minimum absolute atomic E-state index is 0.0987. The molecule has 0 fully saturated rings. The first-order valence-electron chi connectivity index (χ1n) is 9.14. The van der Waals surface area contributed by atoms with Crippen molar-refractivity contribution in [1.29, 1.82) is 0 Å². The Bertz CT molecular complexity index is 1030. The third-order valence-corrected chi connectivity index (χ3v) is 4.47. The summed E-state index contributed by atoms with van der Waals surface area (Å²) >= 11 is 5.26. The molecule has 0 aliphatic heterocycles. The van der Waals surface area contributed by atoms with Gasteiger partial charge in [-0.2, -0.15) is 5.10 Å². The summed E-state index contributed by atoms with van der Waals surface area (Å²) in [6.45, 7) is 0. The molecule has 8 heteroatoms. The average molecular weight is 423 g/mol. The second kappa shape index (κ2) is 9.62. The first kappa shape index (κ1) is 20.9. The van der Waals surface area contributed by atoms with E-state index in [1.54, 1.807) is 24.3 Å². The van der Waals surface area contributed by atoms with Crippen molar-refractivity contribution in [3.63, 3.8) is 0 Å². The smallest absolute Gasteiger partial charge is 0.191 e. The molecule has 154 valence electrons. The van der Waals surface area contributed by atoms with E-state index in [9.17, 15) is 20.4 Å². The van der Waals surface area contributed by atoms with E-state index in [2.05, 4.69) is 15.8 Å². The van der Waals surface area contributed by atoms with Crippen LogP contribution in [0.4, 0.5) is 5.69 Å². The number of aromatic hydroxyl groups is 4. The van der Waals surface area contributed by atoms with E-state index in [1.807, 2.05) is 30.3 Å². The summed E-state index contributed by atoms with van der Waals surface area (Å²) in [5.41, 5.74) is 4.89. The van der Waals surface area contributed by atoms with Crippen molar-refractivity contribution >= 4 is 28.7 Å². The van der Waals surface area contributed by atoms with Gasteiger partial charge in [0.05, 0.1) is 11.3 Å². The van der Waals surface area contributed by atoms with Gasteiger partial charge in [0.2, 0.25) is 0 Å². The van der Waals surface area contributed by atoms with E-state index in [4.69, 9.17) is 12.2 Å². The molecule has 0 bridgehead atoms. The van der Waals surface area contributed by atoms with E-state index < -0.39 is 0 Å². The van der Waals surface area contributed by atoms with Crippen LogP contribution in [-0.4, -0.2) is 31.3 Å². The number of nitrogens with zero attached hydrogens (tertiary/aromatic N) is 1. The Morgan fingerprint density at radius 1 is 0.833 bits per heavy atom. The number of benzene rings is 3. The molecule has 3 aromatic carbocycles. The zero-order valence-corrected chi connectivity index (χ0v) is 16.7. The van der Waals surface area contributed by atoms with Gasteiger partial charge in [0.25, 0.3) is 0 Å². The van der Waals surface area contributed by atoms with Crippen LogP contribution in [0.2, 0.25) is 0 Å². The Morgan fingerprint density at radius 2 is 1.47 bits per heavy atom. The van der Waals surface area contributed by atoms with Crippen molar-refractivity contribution in [2.75, 3.05) is 5.32 Å². The summed E-state index contributed by atoms with van der Waals surface area (Å²) in [7, 11) is 0. The van der Waals surface area contributed by atoms with Crippen LogP contribution in [0.5, 0.6) is 23.0 Å². The van der Waals surface area contributed by atoms with Crippen LogP contribution < -0.4 is 10.7 Å². The first-order chi connectivity index (χ1) is 14.4. The lowest BCUT2D eigenvalue weighted by molar-refractivity contribution is 0.426. The summed E-state index contributed by atoms with van der Waals surface area (Å²) in [6.07, 6.45) is 0.872. The average Bonchev–Trinajstić information content (AvgIpc) is 2.71. The predicted molar refractivity (Wildman–Crippen MR) is 120 cm³/mol. The Kier molecular flexibility index (Phi) is 6.71. The summed E-state index contributed by atoms with van der Waals surface area (Å²) in [5, 5.41) is 47.1. The van der Waals surface area contributed by atoms with Gasteiger partial charge in [-0.1, -0.05) is 30.3 Å². The number of thiocarbonyl (C=S) groups is 1. The van der Waals surface area contributed by atoms with Crippen LogP contribution >= 0.6 is 12.2 Å². The Morgan fingerprint density at radius 3 is 2.10 bits per heavy atom. The highest BCUT2D eigenvalue weighted by Crippen LogP contribution is 2.33. The van der Waals surface area contributed by atoms with Gasteiger partial charge in [0.15, 0.2) is 5.11 Å². The Hall–Kier alpha value is -3.78. The molecule has 6 N–H and O–H groups in total. The highest BCUT2D eigenvalue weighted by Gasteiger charge is 2.17. The molecule has 0 aliphatic carbocycles. The van der Waals surface area contributed by atoms with Gasteiger partial charge in [0.1, 0.15) is 23.0 Å². The topological polar surface area (TPSA) is 117 Å². The lowest BCUT2D eigenvalue weighted by Gasteiger charge is -2.13. The van der Waals surface area contributed by atoms with E-state index in [1.165, 1.54) is 0 Å². The molecule has 0 radical (unpaired) electrons. The van der Waals surface area contributed by atoms with Crippen LogP contribution in [0.15, 0.2) is 71.8 Å². The number of hydrogen-bond acceptors (Lipinski definition) is 6. The fourth-order valence-electron chi connectivity index (χ4n) is 2.85. The molecule has 0 heterocycles. The molecule has 0 saturated heterocycles. The van der Waals surface area contributed by atoms with Crippen LogP contribution in [0.25, 0.3) is 0 Å². The quantitative estimate of drug-likeness (QED) is 0.203. The van der Waals surface area contributed by atoms with Crippen molar-refractivity contribution < 1.29 is 20.4 Å². The van der Waals surface area contributed by atoms with Crippen LogP contribution in [-0.2, 0) is 6.42 Å². The second-order valence-electron chi connectivity index (χ2n) is 6.52. The molecule has 3 aromatic rings. The molecule has 0 unspecified atom stereocenters. The number of para-hydroxylation sites is 1. The number of anilines is 1. The summed E-state index contributed by atoms with van der Waals surface area (Å²) in [6, 6.07) is 18.3. The van der Waals surface area contributed by atoms with Crippen molar-refractivity contribution in [2.24, 2.45) is 5.10 Å². The van der Waals surface area contributed by atoms with E-state index in [-0.39, 0.29) is 33.7 Å². The molecule has 7 nitrogen and oxygen atoms in total. The van der Waals surface area contributed by atoms with Gasteiger partial charge in [-0.3, -0.25) is 5.43 Å².